The first-order chi connectivity index (χ1) is 21.5. The first-order valence-corrected chi connectivity index (χ1v) is 15.0. The molecule has 0 bridgehead atoms. The number of hydrogen-bond donors (Lipinski definition) is 2. The molecule has 1 aliphatic heterocycles. The van der Waals surface area contributed by atoms with Crippen molar-refractivity contribution in [2.75, 3.05) is 57.6 Å². The second kappa shape index (κ2) is 13.1. The standard InChI is InChI=1S/C32H36ClN7O5/c1-19-16-21(10-11-25(19)37(3)4)31(41)34-24-18-26(23(33)17-27(24)40(43)44)38-12-14-39(15-13-38)32(42)29-20(2)35-36-30(29)22-8-6-7-9-28(22)45-5/h6-11,16-19,25H,12-15H2,1-5H3,(H,34,41)(H,35,36). The lowest BCUT2D eigenvalue weighted by Gasteiger charge is -2.36. The summed E-state index contributed by atoms with van der Waals surface area (Å²) in [4.78, 5) is 44.1. The van der Waals surface area contributed by atoms with Gasteiger partial charge in [-0.15, -0.1) is 0 Å². The number of aromatic amines is 1. The zero-order valence-electron chi connectivity index (χ0n) is 25.8. The minimum atomic E-state index is -0.565. The Morgan fingerprint density at radius 2 is 1.89 bits per heavy atom. The number of aromatic nitrogens is 2. The van der Waals surface area contributed by atoms with E-state index >= 15 is 0 Å². The van der Waals surface area contributed by atoms with E-state index in [1.807, 2.05) is 69.3 Å². The molecule has 45 heavy (non-hydrogen) atoms. The second-order valence-electron chi connectivity index (χ2n) is 11.4. The number of nitrogens with zero attached hydrogens (tertiary/aromatic N) is 5. The molecular formula is C32H36ClN7O5. The van der Waals surface area contributed by atoms with E-state index < -0.39 is 10.8 Å². The van der Waals surface area contributed by atoms with Crippen LogP contribution in [0.3, 0.4) is 0 Å². The summed E-state index contributed by atoms with van der Waals surface area (Å²) < 4.78 is 5.50. The van der Waals surface area contributed by atoms with Gasteiger partial charge >= 0.3 is 0 Å². The third kappa shape index (κ3) is 6.43. The molecule has 2 amide bonds. The fraction of sp³-hybridized carbons (Fsp3) is 0.344. The maximum atomic E-state index is 13.8. The van der Waals surface area contributed by atoms with Gasteiger partial charge in [0.1, 0.15) is 17.1 Å². The van der Waals surface area contributed by atoms with Crippen LogP contribution in [-0.4, -0.2) is 90.2 Å². The normalized spacial score (nSPS) is 18.2. The molecule has 2 heterocycles. The quantitative estimate of drug-likeness (QED) is 0.264. The number of nitro benzene ring substituents is 1. The van der Waals surface area contributed by atoms with Crippen molar-refractivity contribution in [2.45, 2.75) is 19.9 Å². The Balaban J connectivity index is 1.34. The highest BCUT2D eigenvalue weighted by atomic mass is 35.5. The van der Waals surface area contributed by atoms with Gasteiger partial charge in [0.25, 0.3) is 17.5 Å². The molecule has 13 heteroatoms. The SMILES string of the molecule is COc1ccccc1-c1n[nH]c(C)c1C(=O)N1CCN(c2cc(NC(=O)C3=CC(C)C(N(C)C)C=C3)c([N+](=O)[O-])cc2Cl)CC1. The molecule has 12 nitrogen and oxygen atoms in total. The number of likely N-dealkylation sites (N-methyl/N-ethyl adjacent to an activating group) is 1. The smallest absolute Gasteiger partial charge is 0.294 e. The van der Waals surface area contributed by atoms with Crippen LogP contribution in [0.2, 0.25) is 5.02 Å². The summed E-state index contributed by atoms with van der Waals surface area (Å²) in [6.07, 6.45) is 5.55. The summed E-state index contributed by atoms with van der Waals surface area (Å²) >= 11 is 6.56. The van der Waals surface area contributed by atoms with E-state index in [-0.39, 0.29) is 34.3 Å². The molecule has 1 aliphatic carbocycles. The number of aryl methyl sites for hydroxylation is 1. The van der Waals surface area contributed by atoms with Crippen molar-refractivity contribution in [1.29, 1.82) is 0 Å². The number of benzene rings is 2. The number of para-hydroxylation sites is 1. The number of nitrogens with one attached hydrogen (secondary N) is 2. The number of carbonyl (C=O) groups excluding carboxylic acids is 2. The number of rotatable bonds is 8. The van der Waals surface area contributed by atoms with Gasteiger partial charge < -0.3 is 24.8 Å². The number of nitro groups is 1. The molecule has 2 atom stereocenters. The Morgan fingerprint density at radius 1 is 1.18 bits per heavy atom. The Morgan fingerprint density at radius 3 is 2.53 bits per heavy atom. The van der Waals surface area contributed by atoms with Gasteiger partial charge in [-0.25, -0.2) is 0 Å². The van der Waals surface area contributed by atoms with Crippen molar-refractivity contribution in [1.82, 2.24) is 20.0 Å². The molecule has 0 radical (unpaired) electrons. The number of amides is 2. The Labute approximate surface area is 266 Å². The predicted octanol–water partition coefficient (Wildman–Crippen LogP) is 4.92. The van der Waals surface area contributed by atoms with Crippen LogP contribution >= 0.6 is 11.6 Å². The number of carbonyl (C=O) groups is 2. The average molecular weight is 634 g/mol. The van der Waals surface area contributed by atoms with Crippen LogP contribution in [0.4, 0.5) is 17.1 Å². The van der Waals surface area contributed by atoms with E-state index in [9.17, 15) is 19.7 Å². The molecule has 5 rings (SSSR count). The molecule has 2 aromatic carbocycles. The van der Waals surface area contributed by atoms with Crippen molar-refractivity contribution in [3.05, 3.63) is 86.6 Å². The highest BCUT2D eigenvalue weighted by molar-refractivity contribution is 6.33. The van der Waals surface area contributed by atoms with Crippen LogP contribution < -0.4 is 15.0 Å². The lowest BCUT2D eigenvalue weighted by molar-refractivity contribution is -0.383. The number of hydrogen-bond acceptors (Lipinski definition) is 8. The van der Waals surface area contributed by atoms with E-state index in [4.69, 9.17) is 16.3 Å². The van der Waals surface area contributed by atoms with Gasteiger partial charge in [-0.2, -0.15) is 5.10 Å². The van der Waals surface area contributed by atoms with Gasteiger partial charge in [0, 0.05) is 55.1 Å². The summed E-state index contributed by atoms with van der Waals surface area (Å²) in [6.45, 7) is 5.44. The third-order valence-corrected chi connectivity index (χ3v) is 8.56. The predicted molar refractivity (Wildman–Crippen MR) is 174 cm³/mol. The van der Waals surface area contributed by atoms with E-state index in [1.54, 1.807) is 18.1 Å². The van der Waals surface area contributed by atoms with E-state index in [0.717, 1.165) is 0 Å². The van der Waals surface area contributed by atoms with Crippen LogP contribution in [0.15, 0.2) is 60.2 Å². The minimum Gasteiger partial charge on any atom is -0.496 e. The van der Waals surface area contributed by atoms with Crippen molar-refractivity contribution in [3.63, 3.8) is 0 Å². The van der Waals surface area contributed by atoms with E-state index in [1.165, 1.54) is 12.1 Å². The average Bonchev–Trinajstić information content (AvgIpc) is 3.41. The lowest BCUT2D eigenvalue weighted by Crippen LogP contribution is -2.49. The Kier molecular flexibility index (Phi) is 9.26. The number of methoxy groups -OCH3 is 1. The number of anilines is 2. The molecular weight excluding hydrogens is 598 g/mol. The summed E-state index contributed by atoms with van der Waals surface area (Å²) in [6, 6.07) is 10.3. The Hall–Kier alpha value is -4.68. The number of halogens is 1. The monoisotopic (exact) mass is 633 g/mol. The van der Waals surface area contributed by atoms with Crippen molar-refractivity contribution in [3.8, 4) is 17.0 Å². The van der Waals surface area contributed by atoms with Gasteiger partial charge in [-0.1, -0.05) is 48.9 Å². The second-order valence-corrected chi connectivity index (χ2v) is 11.8. The summed E-state index contributed by atoms with van der Waals surface area (Å²) in [7, 11) is 5.51. The van der Waals surface area contributed by atoms with Crippen LogP contribution in [0.1, 0.15) is 23.0 Å². The fourth-order valence-electron chi connectivity index (χ4n) is 5.88. The summed E-state index contributed by atoms with van der Waals surface area (Å²) in [5, 5.41) is 22.2. The summed E-state index contributed by atoms with van der Waals surface area (Å²) in [5.41, 5.74) is 3.07. The molecule has 1 aromatic heterocycles. The molecule has 1 saturated heterocycles. The maximum absolute atomic E-state index is 13.8. The fourth-order valence-corrected chi connectivity index (χ4v) is 6.16. The highest BCUT2D eigenvalue weighted by Crippen LogP contribution is 2.38. The molecule has 3 aromatic rings. The van der Waals surface area contributed by atoms with E-state index in [2.05, 4.69) is 20.4 Å². The molecule has 2 N–H and O–H groups in total. The van der Waals surface area contributed by atoms with E-state index in [0.29, 0.717) is 65.7 Å². The number of piperazine rings is 1. The van der Waals surface area contributed by atoms with Crippen LogP contribution in [0, 0.1) is 23.0 Å². The maximum Gasteiger partial charge on any atom is 0.294 e. The zero-order chi connectivity index (χ0) is 32.4. The molecule has 0 saturated carbocycles. The number of H-pyrrole nitrogens is 1. The van der Waals surface area contributed by atoms with Crippen molar-refractivity contribution < 1.29 is 19.2 Å². The molecule has 1 fully saturated rings. The van der Waals surface area contributed by atoms with Gasteiger partial charge in [0.05, 0.1) is 28.3 Å². The van der Waals surface area contributed by atoms with Gasteiger partial charge in [-0.05, 0) is 45.1 Å². The molecule has 236 valence electrons. The zero-order valence-corrected chi connectivity index (χ0v) is 26.6. The lowest BCUT2D eigenvalue weighted by atomic mass is 9.92. The first-order valence-electron chi connectivity index (χ1n) is 14.6. The largest absolute Gasteiger partial charge is 0.496 e. The van der Waals surface area contributed by atoms with Gasteiger partial charge in [0.2, 0.25) is 0 Å². The van der Waals surface area contributed by atoms with Crippen LogP contribution in [0.5, 0.6) is 5.75 Å². The molecule has 2 unspecified atom stereocenters. The number of ether oxygens (including phenoxy) is 1. The minimum absolute atomic E-state index is 0.0510. The summed E-state index contributed by atoms with van der Waals surface area (Å²) in [5.74, 6) is 0.0892. The first kappa shape index (κ1) is 31.7. The topological polar surface area (TPSA) is 137 Å². The van der Waals surface area contributed by atoms with Crippen molar-refractivity contribution in [2.24, 2.45) is 5.92 Å². The van der Waals surface area contributed by atoms with Gasteiger partial charge in [-0.3, -0.25) is 24.8 Å². The van der Waals surface area contributed by atoms with Crippen LogP contribution in [0.25, 0.3) is 11.3 Å². The van der Waals surface area contributed by atoms with Crippen LogP contribution in [-0.2, 0) is 4.79 Å². The van der Waals surface area contributed by atoms with Crippen molar-refractivity contribution >= 4 is 40.5 Å². The highest BCUT2D eigenvalue weighted by Gasteiger charge is 2.30. The molecule has 2 aliphatic rings. The Bertz CT molecular complexity index is 1690. The van der Waals surface area contributed by atoms with Gasteiger partial charge in [0.15, 0.2) is 0 Å². The molecule has 0 spiro atoms. The third-order valence-electron chi connectivity index (χ3n) is 8.25.